The minimum absolute atomic E-state index is 0.160. The molecule has 164 valence electrons. The van der Waals surface area contributed by atoms with Crippen molar-refractivity contribution >= 4 is 17.9 Å². The summed E-state index contributed by atoms with van der Waals surface area (Å²) in [6.45, 7) is -0.278. The molecule has 0 aliphatic heterocycles. The lowest BCUT2D eigenvalue weighted by Crippen LogP contribution is -2.32. The summed E-state index contributed by atoms with van der Waals surface area (Å²) in [6.07, 6.45) is 0.659. The zero-order valence-electron chi connectivity index (χ0n) is 16.2. The Bertz CT molecular complexity index is 783. The second-order valence-corrected chi connectivity index (χ2v) is 6.05. The molecule has 0 bridgehead atoms. The van der Waals surface area contributed by atoms with E-state index in [0.717, 1.165) is 11.1 Å². The number of rotatable bonds is 7. The largest absolute Gasteiger partial charge is 0.508 e. The fourth-order valence-corrected chi connectivity index (χ4v) is 1.93. The van der Waals surface area contributed by atoms with Crippen LogP contribution >= 0.6 is 0 Å². The van der Waals surface area contributed by atoms with Crippen molar-refractivity contribution in [3.8, 4) is 5.75 Å². The monoisotopic (exact) mass is 421 g/mol. The molecule has 0 aliphatic rings. The summed E-state index contributed by atoms with van der Waals surface area (Å²) < 4.78 is 0. The van der Waals surface area contributed by atoms with E-state index in [1.807, 2.05) is 30.3 Å². The van der Waals surface area contributed by atoms with Crippen molar-refractivity contribution in [2.45, 2.75) is 24.9 Å². The Morgan fingerprint density at radius 2 is 1.10 bits per heavy atom. The van der Waals surface area contributed by atoms with Gasteiger partial charge in [0.15, 0.2) is 0 Å². The van der Waals surface area contributed by atoms with Crippen LogP contribution in [0.3, 0.4) is 0 Å². The average molecular weight is 421 g/mol. The molecule has 10 N–H and O–H groups in total. The maximum Gasteiger partial charge on any atom is 0.320 e. The first kappa shape index (κ1) is 26.5. The number of phenolic OH excluding ortho intramolecular Hbond substituents is 1. The third kappa shape index (κ3) is 12.8. The number of nitrogens with two attached hydrogens (primary N) is 3. The highest BCUT2D eigenvalue weighted by Gasteiger charge is 2.12. The van der Waals surface area contributed by atoms with E-state index in [-0.39, 0.29) is 18.7 Å². The van der Waals surface area contributed by atoms with Gasteiger partial charge in [-0.3, -0.25) is 14.4 Å². The minimum atomic E-state index is -1.02. The van der Waals surface area contributed by atoms with Crippen molar-refractivity contribution in [3.63, 3.8) is 0 Å². The van der Waals surface area contributed by atoms with Crippen LogP contribution in [0.15, 0.2) is 54.6 Å². The van der Waals surface area contributed by atoms with Gasteiger partial charge >= 0.3 is 17.9 Å². The first-order chi connectivity index (χ1) is 14.1. The maximum absolute atomic E-state index is 10.4. The van der Waals surface area contributed by atoms with Crippen LogP contribution in [0.2, 0.25) is 0 Å². The van der Waals surface area contributed by atoms with Crippen molar-refractivity contribution in [3.05, 3.63) is 65.7 Å². The van der Waals surface area contributed by atoms with Crippen LogP contribution in [0.5, 0.6) is 5.75 Å². The van der Waals surface area contributed by atoms with Crippen molar-refractivity contribution in [2.24, 2.45) is 17.2 Å². The standard InChI is InChI=1S/C9H11NO3.C9H11NO2.C2H5NO2/c10-8(9(12)13)5-6-1-3-7(11)4-2-6;10-8(9(11)12)6-7-4-2-1-3-5-7;3-1-2(4)5/h1-4,8,11H,5,10H2,(H,12,13);1-5,8H,6,10H2,(H,11,12);1,3H2,(H,4,5). The Balaban J connectivity index is 0.000000461. The molecule has 0 aliphatic carbocycles. The zero-order valence-corrected chi connectivity index (χ0v) is 16.2. The Hall–Kier alpha value is -3.47. The number of hydrogen-bond acceptors (Lipinski definition) is 7. The van der Waals surface area contributed by atoms with E-state index < -0.39 is 30.0 Å². The van der Waals surface area contributed by atoms with Crippen molar-refractivity contribution in [1.29, 1.82) is 0 Å². The Morgan fingerprint density at radius 1 is 0.733 bits per heavy atom. The summed E-state index contributed by atoms with van der Waals surface area (Å²) in [5.41, 5.74) is 17.0. The lowest BCUT2D eigenvalue weighted by atomic mass is 10.1. The molecule has 10 nitrogen and oxygen atoms in total. The summed E-state index contributed by atoms with van der Waals surface area (Å²) in [5.74, 6) is -2.79. The lowest BCUT2D eigenvalue weighted by Gasteiger charge is -2.05. The van der Waals surface area contributed by atoms with Gasteiger partial charge in [0.1, 0.15) is 17.8 Å². The number of phenols is 1. The van der Waals surface area contributed by atoms with Crippen LogP contribution in [0.4, 0.5) is 0 Å². The van der Waals surface area contributed by atoms with Gasteiger partial charge in [-0.25, -0.2) is 0 Å². The van der Waals surface area contributed by atoms with Gasteiger partial charge in [0.25, 0.3) is 0 Å². The van der Waals surface area contributed by atoms with Gasteiger partial charge < -0.3 is 37.6 Å². The topological polar surface area (TPSA) is 210 Å². The van der Waals surface area contributed by atoms with Crippen LogP contribution in [0.1, 0.15) is 11.1 Å². The fourth-order valence-electron chi connectivity index (χ4n) is 1.93. The molecular weight excluding hydrogens is 394 g/mol. The van der Waals surface area contributed by atoms with E-state index in [0.29, 0.717) is 6.42 Å². The molecule has 10 heteroatoms. The maximum atomic E-state index is 10.4. The summed E-state index contributed by atoms with van der Waals surface area (Å²) in [4.78, 5) is 30.0. The summed E-state index contributed by atoms with van der Waals surface area (Å²) in [6, 6.07) is 14.0. The summed E-state index contributed by atoms with van der Waals surface area (Å²) >= 11 is 0. The highest BCUT2D eigenvalue weighted by Crippen LogP contribution is 2.10. The molecule has 0 saturated carbocycles. The van der Waals surface area contributed by atoms with E-state index in [9.17, 15) is 14.4 Å². The normalized spacial score (nSPS) is 11.6. The van der Waals surface area contributed by atoms with Crippen LogP contribution in [-0.4, -0.2) is 57.0 Å². The molecule has 2 aromatic carbocycles. The predicted molar refractivity (Wildman–Crippen MR) is 110 cm³/mol. The zero-order chi connectivity index (χ0) is 23.1. The first-order valence-corrected chi connectivity index (χ1v) is 8.77. The highest BCUT2D eigenvalue weighted by atomic mass is 16.4. The molecule has 0 aromatic heterocycles. The fraction of sp³-hybridized carbons (Fsp3) is 0.250. The van der Waals surface area contributed by atoms with Crippen molar-refractivity contribution in [2.75, 3.05) is 6.54 Å². The molecule has 0 saturated heterocycles. The van der Waals surface area contributed by atoms with Crippen molar-refractivity contribution in [1.82, 2.24) is 0 Å². The first-order valence-electron chi connectivity index (χ1n) is 8.77. The number of aromatic hydroxyl groups is 1. The molecule has 2 atom stereocenters. The number of carbonyl (C=O) groups is 3. The minimum Gasteiger partial charge on any atom is -0.508 e. The molecular formula is C20H27N3O7. The highest BCUT2D eigenvalue weighted by molar-refractivity contribution is 5.73. The van der Waals surface area contributed by atoms with Gasteiger partial charge in [-0.05, 0) is 36.1 Å². The molecule has 2 rings (SSSR count). The summed E-state index contributed by atoms with van der Waals surface area (Å²) in [7, 11) is 0. The number of carboxylic acid groups (broad SMARTS) is 3. The third-order valence-corrected chi connectivity index (χ3v) is 3.50. The molecule has 0 amide bonds. The Kier molecular flexibility index (Phi) is 12.8. The number of hydrogen-bond donors (Lipinski definition) is 7. The molecule has 30 heavy (non-hydrogen) atoms. The molecule has 2 aromatic rings. The van der Waals surface area contributed by atoms with E-state index in [4.69, 9.17) is 31.9 Å². The smallest absolute Gasteiger partial charge is 0.320 e. The van der Waals surface area contributed by atoms with E-state index in [1.54, 1.807) is 12.1 Å². The SMILES string of the molecule is NC(Cc1ccc(O)cc1)C(=O)O.NC(Cc1ccccc1)C(=O)O.NCC(=O)O. The summed E-state index contributed by atoms with van der Waals surface area (Å²) in [5, 5.41) is 33.6. The average Bonchev–Trinajstić information content (AvgIpc) is 2.71. The Morgan fingerprint density at radius 3 is 1.43 bits per heavy atom. The van der Waals surface area contributed by atoms with Crippen LogP contribution in [-0.2, 0) is 27.2 Å². The predicted octanol–water partition coefficient (Wildman–Crippen LogP) is 0.0173. The Labute approximate surface area is 173 Å². The van der Waals surface area contributed by atoms with Crippen LogP contribution < -0.4 is 17.2 Å². The van der Waals surface area contributed by atoms with E-state index in [2.05, 4.69) is 5.73 Å². The number of aliphatic carboxylic acids is 3. The van der Waals surface area contributed by atoms with Gasteiger partial charge in [0.2, 0.25) is 0 Å². The van der Waals surface area contributed by atoms with Crippen LogP contribution in [0.25, 0.3) is 0 Å². The van der Waals surface area contributed by atoms with Gasteiger partial charge in [-0.2, -0.15) is 0 Å². The third-order valence-electron chi connectivity index (χ3n) is 3.50. The quantitative estimate of drug-likeness (QED) is 0.318. The second kappa shape index (κ2) is 14.5. The lowest BCUT2D eigenvalue weighted by molar-refractivity contribution is -0.139. The second-order valence-electron chi connectivity index (χ2n) is 6.05. The molecule has 0 fully saturated rings. The van der Waals surface area contributed by atoms with Gasteiger partial charge in [0, 0.05) is 0 Å². The van der Waals surface area contributed by atoms with Crippen molar-refractivity contribution < 1.29 is 34.8 Å². The molecule has 0 spiro atoms. The van der Waals surface area contributed by atoms with Crippen LogP contribution in [0, 0.1) is 0 Å². The van der Waals surface area contributed by atoms with Gasteiger partial charge in [-0.1, -0.05) is 42.5 Å². The van der Waals surface area contributed by atoms with Gasteiger partial charge in [0.05, 0.1) is 6.54 Å². The van der Waals surface area contributed by atoms with Gasteiger partial charge in [-0.15, -0.1) is 0 Å². The number of benzene rings is 2. The van der Waals surface area contributed by atoms with E-state index in [1.165, 1.54) is 12.1 Å². The molecule has 0 heterocycles. The molecule has 2 unspecified atom stereocenters. The molecule has 0 radical (unpaired) electrons. The number of carboxylic acids is 3. The van der Waals surface area contributed by atoms with E-state index >= 15 is 0 Å².